The van der Waals surface area contributed by atoms with Gasteiger partial charge in [0.1, 0.15) is 0 Å². The minimum absolute atomic E-state index is 0.402. The number of benzene rings is 1. The van der Waals surface area contributed by atoms with Crippen LogP contribution in [0.15, 0.2) is 24.3 Å². The Labute approximate surface area is 118 Å². The normalized spacial score (nSPS) is 11.2. The number of carbonyl (C=O) groups is 2. The molecule has 20 heavy (non-hydrogen) atoms. The summed E-state index contributed by atoms with van der Waals surface area (Å²) in [5.41, 5.74) is 2.69. The van der Waals surface area contributed by atoms with Crippen LogP contribution >= 0.6 is 0 Å². The molecule has 0 fully saturated rings. The van der Waals surface area contributed by atoms with E-state index in [-0.39, 0.29) is 0 Å². The molecule has 3 N–H and O–H groups in total. The van der Waals surface area contributed by atoms with Gasteiger partial charge in [-0.05, 0) is 25.0 Å². The van der Waals surface area contributed by atoms with Gasteiger partial charge in [0.15, 0.2) is 0 Å². The molecule has 0 aliphatic heterocycles. The summed E-state index contributed by atoms with van der Waals surface area (Å²) in [6, 6.07) is 8.84. The minimum atomic E-state index is -1.82. The first-order valence-corrected chi connectivity index (χ1v) is 6.11. The van der Waals surface area contributed by atoms with Crippen molar-refractivity contribution in [2.24, 2.45) is 0 Å². The molecule has 1 rings (SSSR count). The Morgan fingerprint density at radius 3 is 2.25 bits per heavy atom. The van der Waals surface area contributed by atoms with Crippen LogP contribution in [0.4, 0.5) is 0 Å². The zero-order valence-electron chi connectivity index (χ0n) is 11.9. The standard InChI is InChI=1S/C12H19NO.C2H2O4/c1-10-6-4-5-7-12(10)8-13-11(2)9-14-3;3-1(4)2(5)6/h4-7,11,13H,8-9H2,1-3H3;(H,3,4)(H,5,6). The molecule has 1 unspecified atom stereocenters. The van der Waals surface area contributed by atoms with Gasteiger partial charge < -0.3 is 20.3 Å². The highest BCUT2D eigenvalue weighted by atomic mass is 16.5. The van der Waals surface area contributed by atoms with Gasteiger partial charge in [0.05, 0.1) is 6.61 Å². The van der Waals surface area contributed by atoms with Crippen LogP contribution < -0.4 is 5.32 Å². The van der Waals surface area contributed by atoms with Crippen LogP contribution in [0.2, 0.25) is 0 Å². The average Bonchev–Trinajstić information content (AvgIpc) is 2.39. The molecule has 0 aliphatic carbocycles. The maximum atomic E-state index is 9.10. The van der Waals surface area contributed by atoms with Crippen LogP contribution in [0.25, 0.3) is 0 Å². The van der Waals surface area contributed by atoms with E-state index in [2.05, 4.69) is 43.4 Å². The topological polar surface area (TPSA) is 95.9 Å². The lowest BCUT2D eigenvalue weighted by molar-refractivity contribution is -0.159. The molecule has 0 aromatic heterocycles. The second-order valence-electron chi connectivity index (χ2n) is 4.27. The number of hydrogen-bond acceptors (Lipinski definition) is 4. The first-order chi connectivity index (χ1) is 9.38. The minimum Gasteiger partial charge on any atom is -0.473 e. The molecule has 6 nitrogen and oxygen atoms in total. The SMILES string of the molecule is COCC(C)NCc1ccccc1C.O=C(O)C(=O)O. The molecule has 0 saturated carbocycles. The molecule has 0 amide bonds. The van der Waals surface area contributed by atoms with Crippen molar-refractivity contribution in [3.8, 4) is 0 Å². The number of carboxylic acid groups (broad SMARTS) is 2. The summed E-state index contributed by atoms with van der Waals surface area (Å²) in [6.07, 6.45) is 0. The number of nitrogens with one attached hydrogen (secondary N) is 1. The summed E-state index contributed by atoms with van der Waals surface area (Å²) < 4.78 is 5.06. The third kappa shape index (κ3) is 8.23. The summed E-state index contributed by atoms with van der Waals surface area (Å²) in [5, 5.41) is 18.2. The van der Waals surface area contributed by atoms with Crippen molar-refractivity contribution >= 4 is 11.9 Å². The number of ether oxygens (including phenoxy) is 1. The van der Waals surface area contributed by atoms with Crippen LogP contribution in [0.1, 0.15) is 18.1 Å². The summed E-state index contributed by atoms with van der Waals surface area (Å²) >= 11 is 0. The molecular formula is C14H21NO5. The monoisotopic (exact) mass is 283 g/mol. The summed E-state index contributed by atoms with van der Waals surface area (Å²) in [6.45, 7) is 5.93. The lowest BCUT2D eigenvalue weighted by Gasteiger charge is -2.13. The zero-order chi connectivity index (χ0) is 15.5. The summed E-state index contributed by atoms with van der Waals surface area (Å²) in [7, 11) is 1.73. The smallest absolute Gasteiger partial charge is 0.414 e. The van der Waals surface area contributed by atoms with Crippen LogP contribution in [0.5, 0.6) is 0 Å². The fourth-order valence-electron chi connectivity index (χ4n) is 1.40. The number of carboxylic acids is 2. The van der Waals surface area contributed by atoms with Gasteiger partial charge in [-0.2, -0.15) is 0 Å². The van der Waals surface area contributed by atoms with Crippen molar-refractivity contribution in [2.75, 3.05) is 13.7 Å². The largest absolute Gasteiger partial charge is 0.473 e. The highest BCUT2D eigenvalue weighted by Crippen LogP contribution is 2.06. The predicted octanol–water partition coefficient (Wildman–Crippen LogP) is 1.28. The van der Waals surface area contributed by atoms with Crippen LogP contribution in [-0.4, -0.2) is 41.9 Å². The van der Waals surface area contributed by atoms with E-state index in [4.69, 9.17) is 24.5 Å². The molecule has 1 atom stereocenters. The lowest BCUT2D eigenvalue weighted by atomic mass is 10.1. The van der Waals surface area contributed by atoms with Crippen LogP contribution in [-0.2, 0) is 20.9 Å². The predicted molar refractivity (Wildman–Crippen MR) is 74.6 cm³/mol. The van der Waals surface area contributed by atoms with Gasteiger partial charge in [-0.1, -0.05) is 24.3 Å². The van der Waals surface area contributed by atoms with Crippen molar-refractivity contribution in [2.45, 2.75) is 26.4 Å². The number of hydrogen-bond donors (Lipinski definition) is 3. The Morgan fingerprint density at radius 2 is 1.80 bits per heavy atom. The van der Waals surface area contributed by atoms with E-state index in [0.717, 1.165) is 13.2 Å². The Balaban J connectivity index is 0.000000511. The fraction of sp³-hybridized carbons (Fsp3) is 0.429. The fourth-order valence-corrected chi connectivity index (χ4v) is 1.40. The second-order valence-corrected chi connectivity index (χ2v) is 4.27. The van der Waals surface area contributed by atoms with Crippen molar-refractivity contribution in [1.82, 2.24) is 5.32 Å². The van der Waals surface area contributed by atoms with Gasteiger partial charge in [0.25, 0.3) is 0 Å². The van der Waals surface area contributed by atoms with Gasteiger partial charge in [0, 0.05) is 19.7 Å². The Kier molecular flexibility index (Phi) is 8.98. The van der Waals surface area contributed by atoms with E-state index in [9.17, 15) is 0 Å². The van der Waals surface area contributed by atoms with E-state index in [1.165, 1.54) is 11.1 Å². The van der Waals surface area contributed by atoms with Crippen molar-refractivity contribution in [3.63, 3.8) is 0 Å². The molecule has 0 saturated heterocycles. The van der Waals surface area contributed by atoms with Gasteiger partial charge in [0.2, 0.25) is 0 Å². The summed E-state index contributed by atoms with van der Waals surface area (Å²) in [5.74, 6) is -3.65. The molecule has 1 aromatic carbocycles. The quantitative estimate of drug-likeness (QED) is 0.704. The van der Waals surface area contributed by atoms with Crippen molar-refractivity contribution in [1.29, 1.82) is 0 Å². The third-order valence-electron chi connectivity index (χ3n) is 2.50. The van der Waals surface area contributed by atoms with Crippen LogP contribution in [0.3, 0.4) is 0 Å². The van der Waals surface area contributed by atoms with Gasteiger partial charge in [-0.25, -0.2) is 9.59 Å². The van der Waals surface area contributed by atoms with E-state index in [1.807, 2.05) is 0 Å². The molecule has 112 valence electrons. The third-order valence-corrected chi connectivity index (χ3v) is 2.50. The number of aryl methyl sites for hydroxylation is 1. The molecule has 1 aromatic rings. The maximum absolute atomic E-state index is 9.10. The molecule has 0 bridgehead atoms. The second kappa shape index (κ2) is 9.94. The van der Waals surface area contributed by atoms with Crippen molar-refractivity contribution in [3.05, 3.63) is 35.4 Å². The first-order valence-electron chi connectivity index (χ1n) is 6.11. The van der Waals surface area contributed by atoms with Gasteiger partial charge in [-0.3, -0.25) is 0 Å². The Hall–Kier alpha value is -1.92. The van der Waals surface area contributed by atoms with E-state index in [0.29, 0.717) is 6.04 Å². The molecule has 0 aliphatic rings. The number of rotatable bonds is 5. The highest BCUT2D eigenvalue weighted by Gasteiger charge is 2.04. The van der Waals surface area contributed by atoms with Gasteiger partial charge in [-0.15, -0.1) is 0 Å². The molecule has 0 spiro atoms. The summed E-state index contributed by atoms with van der Waals surface area (Å²) in [4.78, 5) is 18.2. The molecular weight excluding hydrogens is 262 g/mol. The molecule has 0 heterocycles. The lowest BCUT2D eigenvalue weighted by Crippen LogP contribution is -2.29. The molecule has 6 heteroatoms. The van der Waals surface area contributed by atoms with E-state index < -0.39 is 11.9 Å². The average molecular weight is 283 g/mol. The van der Waals surface area contributed by atoms with Crippen LogP contribution in [0, 0.1) is 6.92 Å². The highest BCUT2D eigenvalue weighted by molar-refractivity contribution is 6.27. The number of methoxy groups -OCH3 is 1. The van der Waals surface area contributed by atoms with Crippen molar-refractivity contribution < 1.29 is 24.5 Å². The maximum Gasteiger partial charge on any atom is 0.414 e. The van der Waals surface area contributed by atoms with Gasteiger partial charge >= 0.3 is 11.9 Å². The van der Waals surface area contributed by atoms with E-state index >= 15 is 0 Å². The zero-order valence-corrected chi connectivity index (χ0v) is 11.9. The number of aliphatic carboxylic acids is 2. The Bertz CT molecular complexity index is 421. The first kappa shape index (κ1) is 18.1. The Morgan fingerprint density at radius 1 is 1.25 bits per heavy atom. The van der Waals surface area contributed by atoms with E-state index in [1.54, 1.807) is 7.11 Å². The molecule has 0 radical (unpaired) electrons.